The monoisotopic (exact) mass is 936 g/mol. The van der Waals surface area contributed by atoms with Crippen LogP contribution < -0.4 is 9.80 Å². The summed E-state index contributed by atoms with van der Waals surface area (Å²) in [5, 5.41) is 5.27. The van der Waals surface area contributed by atoms with Crippen LogP contribution in [0.5, 0.6) is 0 Å². The van der Waals surface area contributed by atoms with Crippen LogP contribution in [0.25, 0.3) is 49.4 Å². The van der Waals surface area contributed by atoms with Crippen LogP contribution in [0, 0.1) is 0 Å². The van der Waals surface area contributed by atoms with E-state index >= 15 is 0 Å². The lowest BCUT2D eigenvalue weighted by Gasteiger charge is -2.59. The van der Waals surface area contributed by atoms with Gasteiger partial charge in [-0.3, -0.25) is 0 Å². The summed E-state index contributed by atoms with van der Waals surface area (Å²) in [4.78, 5) is 4.89. The number of para-hydroxylation sites is 2. The molecule has 0 aliphatic heterocycles. The molecule has 0 atom stereocenters. The summed E-state index contributed by atoms with van der Waals surface area (Å²) in [6.45, 7) is 4.00. The van der Waals surface area contributed by atoms with Gasteiger partial charge in [-0.15, -0.1) is 0 Å². The SMILES string of the molecule is CC.CS(C)(C)C1(S(C)(C)C)c2cc(N(c3ccccc3)c3ccc(C4=CC=CCC4)cc3)ccc2-c2c1c1ccc(N(c3ccccc3)c3ccc(-c4ccccc4)cc3)cc1c1ccccc21. The van der Waals surface area contributed by atoms with Gasteiger partial charge in [-0.1, -0.05) is 159 Å². The Bertz CT molecular complexity index is 3330. The third-order valence-corrected chi connectivity index (χ3v) is 21.3. The molecule has 0 unspecified atom stereocenters. The molecule has 11 rings (SSSR count). The van der Waals surface area contributed by atoms with Gasteiger partial charge in [-0.2, -0.15) is 0 Å². The molecule has 0 bridgehead atoms. The van der Waals surface area contributed by atoms with E-state index in [1.807, 2.05) is 13.8 Å². The Morgan fingerprint density at radius 3 is 1.42 bits per heavy atom. The number of benzene rings is 9. The molecular weight excluding hydrogens is 873 g/mol. The Balaban J connectivity index is 0.00000273. The maximum absolute atomic E-state index is 2.59. The highest BCUT2D eigenvalue weighted by Gasteiger charge is 2.56. The molecule has 2 aliphatic rings. The second-order valence-corrected chi connectivity index (χ2v) is 28.3. The second-order valence-electron chi connectivity index (χ2n) is 19.5. The molecule has 2 nitrogen and oxygen atoms in total. The quantitative estimate of drug-likeness (QED) is 0.126. The Hall–Kier alpha value is -6.72. The number of nitrogens with zero attached hydrogens (tertiary/aromatic N) is 2. The van der Waals surface area contributed by atoms with Crippen molar-refractivity contribution in [3.05, 3.63) is 235 Å². The van der Waals surface area contributed by atoms with Gasteiger partial charge in [0.2, 0.25) is 0 Å². The predicted octanol–water partition coefficient (Wildman–Crippen LogP) is 18.9. The minimum Gasteiger partial charge on any atom is -0.310 e. The van der Waals surface area contributed by atoms with Crippen molar-refractivity contribution in [2.45, 2.75) is 30.8 Å². The fourth-order valence-electron chi connectivity index (χ4n) is 11.4. The average Bonchev–Trinajstić information content (AvgIpc) is 3.72. The lowest BCUT2D eigenvalue weighted by molar-refractivity contribution is 1.05. The molecule has 9 aromatic carbocycles. The number of fused-ring (bicyclic) bond motifs is 8. The normalized spacial score (nSPS) is 14.3. The van der Waals surface area contributed by atoms with Crippen LogP contribution in [0.1, 0.15) is 43.4 Å². The van der Waals surface area contributed by atoms with Crippen molar-refractivity contribution in [1.29, 1.82) is 0 Å². The Morgan fingerprint density at radius 1 is 0.406 bits per heavy atom. The van der Waals surface area contributed by atoms with Crippen LogP contribution in [-0.2, 0) is 4.08 Å². The first-order valence-electron chi connectivity index (χ1n) is 24.3. The van der Waals surface area contributed by atoms with E-state index in [0.717, 1.165) is 41.3 Å². The van der Waals surface area contributed by atoms with Gasteiger partial charge in [0.05, 0.1) is 4.08 Å². The van der Waals surface area contributed by atoms with Crippen LogP contribution in [0.4, 0.5) is 34.1 Å². The zero-order valence-electron chi connectivity index (χ0n) is 41.4. The van der Waals surface area contributed by atoms with E-state index in [2.05, 4.69) is 266 Å². The van der Waals surface area contributed by atoms with E-state index in [4.69, 9.17) is 0 Å². The maximum Gasteiger partial charge on any atom is 0.0818 e. The van der Waals surface area contributed by atoms with Crippen molar-refractivity contribution in [2.75, 3.05) is 47.3 Å². The van der Waals surface area contributed by atoms with Crippen molar-refractivity contribution >= 4 is 81.3 Å². The molecule has 0 heterocycles. The van der Waals surface area contributed by atoms with Gasteiger partial charge in [-0.25, -0.2) is 20.1 Å². The molecule has 9 aromatic rings. The van der Waals surface area contributed by atoms with E-state index in [1.165, 1.54) is 71.7 Å². The molecule has 0 saturated carbocycles. The Morgan fingerprint density at radius 2 is 0.870 bits per heavy atom. The maximum atomic E-state index is 2.59. The van der Waals surface area contributed by atoms with Gasteiger partial charge in [0.1, 0.15) is 0 Å². The van der Waals surface area contributed by atoms with Gasteiger partial charge in [0.15, 0.2) is 0 Å². The highest BCUT2D eigenvalue weighted by molar-refractivity contribution is 8.48. The van der Waals surface area contributed by atoms with Crippen molar-refractivity contribution in [3.63, 3.8) is 0 Å². The van der Waals surface area contributed by atoms with Crippen LogP contribution in [0.3, 0.4) is 0 Å². The number of anilines is 6. The molecule has 0 fully saturated rings. The summed E-state index contributed by atoms with van der Waals surface area (Å²) in [6, 6.07) is 74.7. The molecule has 0 aromatic heterocycles. The van der Waals surface area contributed by atoms with Crippen molar-refractivity contribution in [3.8, 4) is 22.3 Å². The van der Waals surface area contributed by atoms with Crippen LogP contribution >= 0.6 is 20.1 Å². The lowest BCUT2D eigenvalue weighted by atomic mass is 9.91. The standard InChI is InChI=1S/C63H58N2S2.C2H6/c1-66(2,3)63(67(4,5)6)60-44-54(65(50-27-17-10-18-28-50)52-37-33-48(34-38-52)46-23-13-8-14-24-46)40-42-58(60)61-56-30-20-19-29-55(56)59-43-53(39-41-57(59)62(61)63)64(49-25-15-9-16-26-49)51-35-31-47(32-36-51)45-21-11-7-12-22-45;1-2/h7-13,15-23,25-44H,14,24H2,1-6H3;1-2H3. The van der Waals surface area contributed by atoms with E-state index in [-0.39, 0.29) is 4.08 Å². The van der Waals surface area contributed by atoms with Gasteiger partial charge in [-0.05, 0) is 189 Å². The molecule has 0 saturated heterocycles. The van der Waals surface area contributed by atoms with Gasteiger partial charge in [0.25, 0.3) is 0 Å². The molecule has 69 heavy (non-hydrogen) atoms. The summed E-state index contributed by atoms with van der Waals surface area (Å²) in [7, 11) is -2.68. The first-order valence-corrected chi connectivity index (χ1v) is 30.1. The smallest absolute Gasteiger partial charge is 0.0818 e. The minimum atomic E-state index is -1.34. The minimum absolute atomic E-state index is 0.218. The number of rotatable bonds is 10. The molecule has 2 aliphatic carbocycles. The summed E-state index contributed by atoms with van der Waals surface area (Å²) in [6.07, 6.45) is 24.3. The Kier molecular flexibility index (Phi) is 12.4. The average molecular weight is 937 g/mol. The molecule has 0 spiro atoms. The molecule has 0 radical (unpaired) electrons. The predicted molar refractivity (Wildman–Crippen MR) is 311 cm³/mol. The lowest BCUT2D eigenvalue weighted by Crippen LogP contribution is -2.36. The van der Waals surface area contributed by atoms with Gasteiger partial charge < -0.3 is 9.80 Å². The topological polar surface area (TPSA) is 6.48 Å². The van der Waals surface area contributed by atoms with Crippen LogP contribution in [-0.4, -0.2) is 37.5 Å². The summed E-state index contributed by atoms with van der Waals surface area (Å²) < 4.78 is -0.218. The number of hydrogen-bond donors (Lipinski definition) is 0. The van der Waals surface area contributed by atoms with Crippen molar-refractivity contribution in [1.82, 2.24) is 0 Å². The Labute approximate surface area is 414 Å². The summed E-state index contributed by atoms with van der Waals surface area (Å²) in [5.74, 6) is 0. The zero-order chi connectivity index (χ0) is 47.9. The first-order chi connectivity index (χ1) is 33.5. The van der Waals surface area contributed by atoms with E-state index in [1.54, 1.807) is 0 Å². The molecule has 4 heteroatoms. The highest BCUT2D eigenvalue weighted by atomic mass is 32.3. The van der Waals surface area contributed by atoms with E-state index < -0.39 is 20.1 Å². The fourth-order valence-corrected chi connectivity index (χ4v) is 20.7. The third-order valence-electron chi connectivity index (χ3n) is 14.0. The summed E-state index contributed by atoms with van der Waals surface area (Å²) >= 11 is 0. The third kappa shape index (κ3) is 7.98. The molecule has 0 amide bonds. The van der Waals surface area contributed by atoms with Crippen LogP contribution in [0.2, 0.25) is 0 Å². The zero-order valence-corrected chi connectivity index (χ0v) is 43.0. The summed E-state index contributed by atoms with van der Waals surface area (Å²) in [5.41, 5.74) is 17.8. The van der Waals surface area contributed by atoms with Crippen molar-refractivity contribution < 1.29 is 0 Å². The molecular formula is C65H64N2S2. The van der Waals surface area contributed by atoms with Crippen molar-refractivity contribution in [2.24, 2.45) is 0 Å². The molecule has 0 N–H and O–H groups in total. The first kappa shape index (κ1) is 46.0. The molecule has 346 valence electrons. The second kappa shape index (κ2) is 18.6. The van der Waals surface area contributed by atoms with E-state index in [9.17, 15) is 0 Å². The van der Waals surface area contributed by atoms with E-state index in [0.29, 0.717) is 0 Å². The van der Waals surface area contributed by atoms with Gasteiger partial charge in [0, 0.05) is 34.1 Å². The van der Waals surface area contributed by atoms with Crippen LogP contribution in [0.15, 0.2) is 218 Å². The number of hydrogen-bond acceptors (Lipinski definition) is 2. The van der Waals surface area contributed by atoms with Gasteiger partial charge >= 0.3 is 0 Å². The largest absolute Gasteiger partial charge is 0.310 e. The highest BCUT2D eigenvalue weighted by Crippen LogP contribution is 2.81. The number of allylic oxidation sites excluding steroid dienone is 4. The fraction of sp³-hybridized carbons (Fsp3) is 0.169.